The molecule has 2 aromatic carbocycles. The van der Waals surface area contributed by atoms with Crippen LogP contribution in [0.5, 0.6) is 0 Å². The lowest BCUT2D eigenvalue weighted by molar-refractivity contribution is -0.102. The normalized spacial score (nSPS) is 12.2. The average molecular weight is 378 g/mol. The molecule has 0 aromatic heterocycles. The van der Waals surface area contributed by atoms with Gasteiger partial charge >= 0.3 is 0 Å². The van der Waals surface area contributed by atoms with E-state index in [-0.39, 0.29) is 17.9 Å². The lowest BCUT2D eigenvalue weighted by Crippen LogP contribution is -2.14. The van der Waals surface area contributed by atoms with E-state index in [0.29, 0.717) is 17.4 Å². The number of hydrogen-bond donors (Lipinski definition) is 0. The van der Waals surface area contributed by atoms with Crippen molar-refractivity contribution in [3.8, 4) is 0 Å². The van der Waals surface area contributed by atoms with Crippen molar-refractivity contribution >= 4 is 17.7 Å². The fourth-order valence-electron chi connectivity index (χ4n) is 2.37. The Morgan fingerprint density at radius 1 is 1.15 bits per heavy atom. The predicted molar refractivity (Wildman–Crippen MR) is 94.5 cm³/mol. The number of benzene rings is 2. The van der Waals surface area contributed by atoms with E-state index in [1.54, 1.807) is 25.1 Å². The standard InChI is InChI=1S/C19H17F3N2O3/c1-12-4-3-5-15(17(10-25)23-26-2)16(12)11-27-24-18(19(21)22)13-6-8-14(20)9-7-13/h3-10,19H,11H2,1-2H3/b23-17-,24-18-. The molecule has 0 aliphatic carbocycles. The van der Waals surface area contributed by atoms with Crippen LogP contribution in [0.25, 0.3) is 0 Å². The van der Waals surface area contributed by atoms with Crippen LogP contribution in [0.2, 0.25) is 0 Å². The Balaban J connectivity index is 2.29. The van der Waals surface area contributed by atoms with Gasteiger partial charge in [0.2, 0.25) is 0 Å². The molecule has 0 bridgehead atoms. The van der Waals surface area contributed by atoms with E-state index in [9.17, 15) is 18.0 Å². The highest BCUT2D eigenvalue weighted by atomic mass is 19.3. The second-order valence-corrected chi connectivity index (χ2v) is 5.44. The van der Waals surface area contributed by atoms with Crippen molar-refractivity contribution in [3.05, 3.63) is 70.5 Å². The summed E-state index contributed by atoms with van der Waals surface area (Å²) in [4.78, 5) is 21.0. The number of nitrogens with zero attached hydrogens (tertiary/aromatic N) is 2. The fourth-order valence-corrected chi connectivity index (χ4v) is 2.37. The van der Waals surface area contributed by atoms with Crippen molar-refractivity contribution in [2.24, 2.45) is 10.3 Å². The summed E-state index contributed by atoms with van der Waals surface area (Å²) >= 11 is 0. The molecule has 0 saturated carbocycles. The van der Waals surface area contributed by atoms with Gasteiger partial charge in [-0.2, -0.15) is 0 Å². The van der Waals surface area contributed by atoms with Crippen LogP contribution in [0.3, 0.4) is 0 Å². The number of hydrogen-bond acceptors (Lipinski definition) is 5. The third-order valence-electron chi connectivity index (χ3n) is 3.71. The molecule has 0 heterocycles. The first-order chi connectivity index (χ1) is 13.0. The van der Waals surface area contributed by atoms with E-state index in [1.165, 1.54) is 19.2 Å². The molecule has 142 valence electrons. The molecule has 27 heavy (non-hydrogen) atoms. The van der Waals surface area contributed by atoms with Crippen LogP contribution in [-0.4, -0.2) is 31.2 Å². The first-order valence-corrected chi connectivity index (χ1v) is 7.87. The molecule has 0 N–H and O–H groups in total. The summed E-state index contributed by atoms with van der Waals surface area (Å²) in [5.41, 5.74) is 1.22. The number of halogens is 3. The SMILES string of the molecule is CO/N=C(/C=O)c1cccc(C)c1CO/N=C(/c1ccc(F)cc1)C(F)F. The van der Waals surface area contributed by atoms with Crippen LogP contribution in [0, 0.1) is 12.7 Å². The van der Waals surface area contributed by atoms with Gasteiger partial charge in [0.15, 0.2) is 12.0 Å². The van der Waals surface area contributed by atoms with Crippen LogP contribution < -0.4 is 0 Å². The summed E-state index contributed by atoms with van der Waals surface area (Å²) < 4.78 is 39.5. The summed E-state index contributed by atoms with van der Waals surface area (Å²) in [5, 5.41) is 7.16. The maximum Gasteiger partial charge on any atom is 0.284 e. The summed E-state index contributed by atoms with van der Waals surface area (Å²) in [5.74, 6) is -0.545. The average Bonchev–Trinajstić information content (AvgIpc) is 2.65. The van der Waals surface area contributed by atoms with Crippen molar-refractivity contribution in [2.75, 3.05) is 7.11 Å². The Kier molecular flexibility index (Phi) is 7.10. The van der Waals surface area contributed by atoms with Gasteiger partial charge in [0.05, 0.1) is 0 Å². The van der Waals surface area contributed by atoms with Gasteiger partial charge in [-0.05, 0) is 36.8 Å². The molecule has 2 rings (SSSR count). The van der Waals surface area contributed by atoms with Crippen LogP contribution in [0.4, 0.5) is 13.2 Å². The third-order valence-corrected chi connectivity index (χ3v) is 3.71. The quantitative estimate of drug-likeness (QED) is 0.398. The molecular weight excluding hydrogens is 361 g/mol. The molecule has 8 heteroatoms. The summed E-state index contributed by atoms with van der Waals surface area (Å²) in [7, 11) is 1.30. The minimum absolute atomic E-state index is 0.0383. The number of carbonyl (C=O) groups excluding carboxylic acids is 1. The Morgan fingerprint density at radius 2 is 1.85 bits per heavy atom. The number of carbonyl (C=O) groups is 1. The Bertz CT molecular complexity index is 850. The topological polar surface area (TPSA) is 60.2 Å². The molecular formula is C19H17F3N2O3. The zero-order valence-corrected chi connectivity index (χ0v) is 14.7. The van der Waals surface area contributed by atoms with E-state index in [0.717, 1.165) is 17.7 Å². The summed E-state index contributed by atoms with van der Waals surface area (Å²) in [6.07, 6.45) is -2.39. The number of aryl methyl sites for hydroxylation is 1. The van der Waals surface area contributed by atoms with Crippen molar-refractivity contribution in [1.82, 2.24) is 0 Å². The van der Waals surface area contributed by atoms with Gasteiger partial charge in [0, 0.05) is 16.7 Å². The molecule has 2 aromatic rings. The van der Waals surface area contributed by atoms with E-state index >= 15 is 0 Å². The second kappa shape index (κ2) is 9.51. The van der Waals surface area contributed by atoms with Gasteiger partial charge in [-0.25, -0.2) is 13.2 Å². The molecule has 0 unspecified atom stereocenters. The lowest BCUT2D eigenvalue weighted by atomic mass is 9.99. The van der Waals surface area contributed by atoms with Crippen molar-refractivity contribution in [1.29, 1.82) is 0 Å². The van der Waals surface area contributed by atoms with Gasteiger partial charge in [0.1, 0.15) is 25.2 Å². The number of rotatable bonds is 8. The van der Waals surface area contributed by atoms with Crippen molar-refractivity contribution in [3.63, 3.8) is 0 Å². The Hall–Kier alpha value is -3.16. The van der Waals surface area contributed by atoms with E-state index in [4.69, 9.17) is 4.84 Å². The van der Waals surface area contributed by atoms with Crippen LogP contribution in [0.15, 0.2) is 52.8 Å². The molecule has 0 radical (unpaired) electrons. The van der Waals surface area contributed by atoms with Gasteiger partial charge < -0.3 is 9.68 Å². The van der Waals surface area contributed by atoms with Crippen LogP contribution >= 0.6 is 0 Å². The summed E-state index contributed by atoms with van der Waals surface area (Å²) in [6, 6.07) is 9.63. The molecule has 0 atom stereocenters. The first kappa shape index (κ1) is 20.2. The number of oxime groups is 2. The minimum Gasteiger partial charge on any atom is -0.399 e. The molecule has 0 aliphatic rings. The Morgan fingerprint density at radius 3 is 2.44 bits per heavy atom. The van der Waals surface area contributed by atoms with Crippen LogP contribution in [-0.2, 0) is 21.1 Å². The molecule has 0 amide bonds. The predicted octanol–water partition coefficient (Wildman–Crippen LogP) is 3.87. The number of aldehydes is 1. The smallest absolute Gasteiger partial charge is 0.284 e. The van der Waals surface area contributed by atoms with E-state index < -0.39 is 18.0 Å². The van der Waals surface area contributed by atoms with Gasteiger partial charge in [-0.3, -0.25) is 4.79 Å². The van der Waals surface area contributed by atoms with Crippen LogP contribution in [0.1, 0.15) is 22.3 Å². The molecule has 0 spiro atoms. The minimum atomic E-state index is -2.91. The number of alkyl halides is 2. The largest absolute Gasteiger partial charge is 0.399 e. The fraction of sp³-hybridized carbons (Fsp3) is 0.211. The highest BCUT2D eigenvalue weighted by molar-refractivity contribution is 6.36. The monoisotopic (exact) mass is 378 g/mol. The lowest BCUT2D eigenvalue weighted by Gasteiger charge is -2.11. The molecule has 0 aliphatic heterocycles. The van der Waals surface area contributed by atoms with Gasteiger partial charge in [-0.1, -0.05) is 28.5 Å². The second-order valence-electron chi connectivity index (χ2n) is 5.44. The van der Waals surface area contributed by atoms with Crippen molar-refractivity contribution in [2.45, 2.75) is 20.0 Å². The maximum absolute atomic E-state index is 13.3. The maximum atomic E-state index is 13.3. The first-order valence-electron chi connectivity index (χ1n) is 7.87. The van der Waals surface area contributed by atoms with Gasteiger partial charge in [0.25, 0.3) is 6.43 Å². The zero-order chi connectivity index (χ0) is 19.8. The molecule has 5 nitrogen and oxygen atoms in total. The molecule has 0 saturated heterocycles. The zero-order valence-electron chi connectivity index (χ0n) is 14.7. The van der Waals surface area contributed by atoms with E-state index in [1.807, 2.05) is 0 Å². The van der Waals surface area contributed by atoms with Crippen molar-refractivity contribution < 1.29 is 27.6 Å². The Labute approximate surface area is 154 Å². The molecule has 0 fully saturated rings. The third kappa shape index (κ3) is 5.16. The van der Waals surface area contributed by atoms with Gasteiger partial charge in [-0.15, -0.1) is 0 Å². The highest BCUT2D eigenvalue weighted by Crippen LogP contribution is 2.18. The summed E-state index contributed by atoms with van der Waals surface area (Å²) in [6.45, 7) is 1.60. The van der Waals surface area contributed by atoms with E-state index in [2.05, 4.69) is 15.1 Å². The highest BCUT2D eigenvalue weighted by Gasteiger charge is 2.18.